The standard InChI is InChI=1S/C14H21N3O3/c1-4-7-20-11-8-9(2)15-13(16-11)17-14(3,12(18)19)10-5-6-10/h8,10H,4-7H2,1-3H3,(H,18,19)(H,15,16,17). The number of aryl methyl sites for hydroxylation is 1. The molecule has 0 bridgehead atoms. The third-order valence-electron chi connectivity index (χ3n) is 3.49. The van der Waals surface area contributed by atoms with Crippen LogP contribution in [0.4, 0.5) is 5.95 Å². The number of carboxylic acid groups (broad SMARTS) is 1. The van der Waals surface area contributed by atoms with E-state index in [4.69, 9.17) is 4.74 Å². The molecule has 110 valence electrons. The Bertz CT molecular complexity index is 502. The number of carbonyl (C=O) groups is 1. The summed E-state index contributed by atoms with van der Waals surface area (Å²) in [5.41, 5.74) is -0.271. The van der Waals surface area contributed by atoms with Crippen molar-refractivity contribution in [3.8, 4) is 5.88 Å². The molecule has 0 amide bonds. The molecule has 1 unspecified atom stereocenters. The zero-order valence-electron chi connectivity index (χ0n) is 12.1. The Balaban J connectivity index is 2.19. The zero-order chi connectivity index (χ0) is 14.8. The number of hydrogen-bond donors (Lipinski definition) is 2. The first-order valence-electron chi connectivity index (χ1n) is 6.95. The number of hydrogen-bond acceptors (Lipinski definition) is 5. The van der Waals surface area contributed by atoms with Crippen molar-refractivity contribution in [2.45, 2.75) is 45.6 Å². The first-order valence-corrected chi connectivity index (χ1v) is 6.95. The average molecular weight is 279 g/mol. The summed E-state index contributed by atoms with van der Waals surface area (Å²) in [6.45, 7) is 6.11. The molecule has 2 rings (SSSR count). The van der Waals surface area contributed by atoms with Crippen LogP contribution in [0.3, 0.4) is 0 Å². The maximum absolute atomic E-state index is 11.5. The number of carboxylic acids is 1. The fraction of sp³-hybridized carbons (Fsp3) is 0.643. The maximum atomic E-state index is 11.5. The van der Waals surface area contributed by atoms with E-state index >= 15 is 0 Å². The first-order chi connectivity index (χ1) is 9.45. The molecule has 1 aliphatic carbocycles. The van der Waals surface area contributed by atoms with Gasteiger partial charge in [-0.1, -0.05) is 6.92 Å². The number of nitrogens with zero attached hydrogens (tertiary/aromatic N) is 2. The van der Waals surface area contributed by atoms with E-state index in [2.05, 4.69) is 15.3 Å². The Morgan fingerprint density at radius 3 is 2.80 bits per heavy atom. The third kappa shape index (κ3) is 3.18. The highest BCUT2D eigenvalue weighted by Crippen LogP contribution is 2.41. The summed E-state index contributed by atoms with van der Waals surface area (Å²) in [5.74, 6) is 0.0449. The van der Waals surface area contributed by atoms with Crippen molar-refractivity contribution >= 4 is 11.9 Å². The van der Waals surface area contributed by atoms with Crippen LogP contribution < -0.4 is 10.1 Å². The molecule has 0 aromatic carbocycles. The van der Waals surface area contributed by atoms with Crippen LogP contribution in [0.5, 0.6) is 5.88 Å². The predicted molar refractivity (Wildman–Crippen MR) is 74.9 cm³/mol. The molecule has 0 saturated heterocycles. The second kappa shape index (κ2) is 5.64. The van der Waals surface area contributed by atoms with E-state index in [0.717, 1.165) is 25.0 Å². The third-order valence-corrected chi connectivity index (χ3v) is 3.49. The largest absolute Gasteiger partial charge is 0.480 e. The van der Waals surface area contributed by atoms with Crippen LogP contribution in [0.15, 0.2) is 6.07 Å². The van der Waals surface area contributed by atoms with Gasteiger partial charge in [-0.05, 0) is 39.0 Å². The van der Waals surface area contributed by atoms with Crippen LogP contribution in [-0.4, -0.2) is 33.2 Å². The van der Waals surface area contributed by atoms with E-state index < -0.39 is 11.5 Å². The van der Waals surface area contributed by atoms with Crippen LogP contribution >= 0.6 is 0 Å². The minimum atomic E-state index is -1.02. The number of rotatable bonds is 7. The van der Waals surface area contributed by atoms with Crippen molar-refractivity contribution < 1.29 is 14.6 Å². The summed E-state index contributed by atoms with van der Waals surface area (Å²) in [6.07, 6.45) is 2.72. The molecule has 0 aliphatic heterocycles. The van der Waals surface area contributed by atoms with E-state index in [-0.39, 0.29) is 5.92 Å². The predicted octanol–water partition coefficient (Wildman–Crippen LogP) is 2.24. The van der Waals surface area contributed by atoms with Gasteiger partial charge in [0.05, 0.1) is 6.61 Å². The molecular formula is C14H21N3O3. The SMILES string of the molecule is CCCOc1cc(C)nc(NC(C)(C(=O)O)C2CC2)n1. The van der Waals surface area contributed by atoms with Gasteiger partial charge in [-0.25, -0.2) is 9.78 Å². The summed E-state index contributed by atoms with van der Waals surface area (Å²) in [7, 11) is 0. The molecular weight excluding hydrogens is 258 g/mol. The van der Waals surface area contributed by atoms with Gasteiger partial charge in [-0.3, -0.25) is 0 Å². The lowest BCUT2D eigenvalue weighted by molar-refractivity contribution is -0.142. The molecule has 1 heterocycles. The molecule has 1 aromatic rings. The Kier molecular flexibility index (Phi) is 4.11. The van der Waals surface area contributed by atoms with E-state index in [1.807, 2.05) is 13.8 Å². The second-order valence-electron chi connectivity index (χ2n) is 5.43. The van der Waals surface area contributed by atoms with Crippen molar-refractivity contribution in [1.82, 2.24) is 9.97 Å². The average Bonchev–Trinajstić information content (AvgIpc) is 3.19. The van der Waals surface area contributed by atoms with Gasteiger partial charge in [0.2, 0.25) is 11.8 Å². The summed E-state index contributed by atoms with van der Waals surface area (Å²) in [5, 5.41) is 12.4. The molecule has 1 aliphatic rings. The van der Waals surface area contributed by atoms with Crippen LogP contribution in [0.2, 0.25) is 0 Å². The van der Waals surface area contributed by atoms with Gasteiger partial charge in [0, 0.05) is 11.8 Å². The molecule has 6 nitrogen and oxygen atoms in total. The fourth-order valence-corrected chi connectivity index (χ4v) is 2.10. The van der Waals surface area contributed by atoms with Crippen LogP contribution in [0.1, 0.15) is 38.8 Å². The summed E-state index contributed by atoms with van der Waals surface area (Å²) in [4.78, 5) is 20.0. The summed E-state index contributed by atoms with van der Waals surface area (Å²) < 4.78 is 5.49. The number of nitrogens with one attached hydrogen (secondary N) is 1. The zero-order valence-corrected chi connectivity index (χ0v) is 12.1. The van der Waals surface area contributed by atoms with E-state index in [0.29, 0.717) is 18.4 Å². The van der Waals surface area contributed by atoms with Gasteiger partial charge in [-0.15, -0.1) is 0 Å². The Hall–Kier alpha value is -1.85. The highest BCUT2D eigenvalue weighted by Gasteiger charge is 2.48. The lowest BCUT2D eigenvalue weighted by Gasteiger charge is -2.26. The molecule has 1 saturated carbocycles. The molecule has 0 spiro atoms. The minimum Gasteiger partial charge on any atom is -0.480 e. The van der Waals surface area contributed by atoms with Crippen molar-refractivity contribution in [2.24, 2.45) is 5.92 Å². The van der Waals surface area contributed by atoms with Gasteiger partial charge < -0.3 is 15.2 Å². The summed E-state index contributed by atoms with van der Waals surface area (Å²) in [6, 6.07) is 1.75. The highest BCUT2D eigenvalue weighted by atomic mass is 16.5. The Morgan fingerprint density at radius 2 is 2.25 bits per heavy atom. The second-order valence-corrected chi connectivity index (χ2v) is 5.43. The molecule has 1 atom stereocenters. The normalized spacial score (nSPS) is 17.4. The Morgan fingerprint density at radius 1 is 1.55 bits per heavy atom. The fourth-order valence-electron chi connectivity index (χ4n) is 2.10. The minimum absolute atomic E-state index is 0.129. The van der Waals surface area contributed by atoms with Crippen LogP contribution in [0, 0.1) is 12.8 Å². The summed E-state index contributed by atoms with van der Waals surface area (Å²) >= 11 is 0. The van der Waals surface area contributed by atoms with Gasteiger partial charge in [0.25, 0.3) is 0 Å². The van der Waals surface area contributed by atoms with Gasteiger partial charge in [-0.2, -0.15) is 4.98 Å². The number of anilines is 1. The molecule has 1 aromatic heterocycles. The molecule has 0 radical (unpaired) electrons. The number of ether oxygens (including phenoxy) is 1. The topological polar surface area (TPSA) is 84.3 Å². The van der Waals surface area contributed by atoms with E-state index in [1.165, 1.54) is 0 Å². The van der Waals surface area contributed by atoms with Crippen LogP contribution in [-0.2, 0) is 4.79 Å². The van der Waals surface area contributed by atoms with Crippen LogP contribution in [0.25, 0.3) is 0 Å². The molecule has 6 heteroatoms. The number of aliphatic carboxylic acids is 1. The Labute approximate surface area is 118 Å². The van der Waals surface area contributed by atoms with Gasteiger partial charge in [0.15, 0.2) is 0 Å². The van der Waals surface area contributed by atoms with Crippen molar-refractivity contribution in [1.29, 1.82) is 0 Å². The number of aromatic nitrogens is 2. The monoisotopic (exact) mass is 279 g/mol. The van der Waals surface area contributed by atoms with Gasteiger partial charge in [0.1, 0.15) is 5.54 Å². The lowest BCUT2D eigenvalue weighted by atomic mass is 9.96. The van der Waals surface area contributed by atoms with Crippen molar-refractivity contribution in [3.05, 3.63) is 11.8 Å². The van der Waals surface area contributed by atoms with Gasteiger partial charge >= 0.3 is 5.97 Å². The van der Waals surface area contributed by atoms with E-state index in [1.54, 1.807) is 13.0 Å². The lowest BCUT2D eigenvalue weighted by Crippen LogP contribution is -2.46. The maximum Gasteiger partial charge on any atom is 0.329 e. The van der Waals surface area contributed by atoms with Crippen molar-refractivity contribution in [3.63, 3.8) is 0 Å². The first kappa shape index (κ1) is 14.6. The molecule has 20 heavy (non-hydrogen) atoms. The van der Waals surface area contributed by atoms with Crippen molar-refractivity contribution in [2.75, 3.05) is 11.9 Å². The molecule has 2 N–H and O–H groups in total. The highest BCUT2D eigenvalue weighted by molar-refractivity contribution is 5.82. The smallest absolute Gasteiger partial charge is 0.329 e. The van der Waals surface area contributed by atoms with E-state index in [9.17, 15) is 9.90 Å². The quantitative estimate of drug-likeness (QED) is 0.796. The molecule has 1 fully saturated rings.